The fourth-order valence-electron chi connectivity index (χ4n) is 2.96. The largest absolute Gasteiger partial charge is 0.272 e. The van der Waals surface area contributed by atoms with Crippen molar-refractivity contribution >= 4 is 11.8 Å². The molecule has 21 heavy (non-hydrogen) atoms. The van der Waals surface area contributed by atoms with Crippen molar-refractivity contribution in [2.24, 2.45) is 0 Å². The molecule has 3 nitrogen and oxygen atoms in total. The van der Waals surface area contributed by atoms with E-state index < -0.39 is 0 Å². The quantitative estimate of drug-likeness (QED) is 0.524. The van der Waals surface area contributed by atoms with E-state index >= 15 is 0 Å². The Morgan fingerprint density at radius 1 is 0.905 bits per heavy atom. The second-order valence-electron chi connectivity index (χ2n) is 5.93. The fourth-order valence-corrected chi connectivity index (χ4v) is 2.96. The minimum absolute atomic E-state index is 0.0106. The molecule has 0 saturated heterocycles. The normalized spacial score (nSPS) is 15.4. The summed E-state index contributed by atoms with van der Waals surface area (Å²) in [5, 5.41) is 0. The molecule has 3 heteroatoms. The first-order valence-corrected chi connectivity index (χ1v) is 8.13. The van der Waals surface area contributed by atoms with Gasteiger partial charge in [-0.05, 0) is 25.5 Å². The number of rotatable bonds is 8. The maximum atomic E-state index is 12.3. The van der Waals surface area contributed by atoms with Crippen LogP contribution in [0, 0.1) is 0 Å². The van der Waals surface area contributed by atoms with Crippen LogP contribution in [-0.2, 0) is 0 Å². The van der Waals surface area contributed by atoms with Crippen molar-refractivity contribution in [2.45, 2.75) is 64.8 Å². The molecule has 1 aromatic carbocycles. The average molecular weight is 287 g/mol. The van der Waals surface area contributed by atoms with Crippen LogP contribution < -0.4 is 0 Å². The lowest BCUT2D eigenvalue weighted by molar-refractivity contribution is 0.0588. The zero-order valence-corrected chi connectivity index (χ0v) is 13.1. The summed E-state index contributed by atoms with van der Waals surface area (Å²) >= 11 is 0. The summed E-state index contributed by atoms with van der Waals surface area (Å²) in [4.78, 5) is 26.1. The van der Waals surface area contributed by atoms with E-state index in [9.17, 15) is 9.59 Å². The molecule has 1 heterocycles. The second-order valence-corrected chi connectivity index (χ2v) is 5.93. The summed E-state index contributed by atoms with van der Waals surface area (Å²) in [6.45, 7) is 4.19. The Kier molecular flexibility index (Phi) is 5.54. The minimum Gasteiger partial charge on any atom is -0.272 e. The highest BCUT2D eigenvalue weighted by Crippen LogP contribution is 2.26. The van der Waals surface area contributed by atoms with Gasteiger partial charge in [-0.25, -0.2) is 0 Å². The van der Waals surface area contributed by atoms with Gasteiger partial charge in [0, 0.05) is 6.04 Å². The van der Waals surface area contributed by atoms with E-state index in [1.807, 2.05) is 19.1 Å². The lowest BCUT2D eigenvalue weighted by atomic mass is 10.1. The van der Waals surface area contributed by atoms with Crippen LogP contribution in [0.1, 0.15) is 79.5 Å². The van der Waals surface area contributed by atoms with E-state index in [0.717, 1.165) is 12.8 Å². The number of benzene rings is 1. The van der Waals surface area contributed by atoms with Crippen molar-refractivity contribution in [2.75, 3.05) is 0 Å². The SMILES string of the molecule is CCCCCCCCC(C)N1C(=O)c2ccccc2C1=O. The molecule has 0 spiro atoms. The van der Waals surface area contributed by atoms with Crippen molar-refractivity contribution in [1.82, 2.24) is 4.90 Å². The van der Waals surface area contributed by atoms with Gasteiger partial charge in [-0.15, -0.1) is 0 Å². The molecule has 1 unspecified atom stereocenters. The molecular formula is C18H25NO2. The van der Waals surface area contributed by atoms with Gasteiger partial charge in [0.25, 0.3) is 11.8 Å². The third kappa shape index (κ3) is 3.52. The molecule has 1 atom stereocenters. The highest BCUT2D eigenvalue weighted by molar-refractivity contribution is 6.21. The first-order valence-electron chi connectivity index (χ1n) is 8.13. The van der Waals surface area contributed by atoms with Crippen LogP contribution in [0.15, 0.2) is 24.3 Å². The van der Waals surface area contributed by atoms with E-state index in [1.54, 1.807) is 12.1 Å². The lowest BCUT2D eigenvalue weighted by Crippen LogP contribution is -2.37. The smallest absolute Gasteiger partial charge is 0.261 e. The number of fused-ring (bicyclic) bond motifs is 1. The third-order valence-electron chi connectivity index (χ3n) is 4.24. The number of nitrogens with zero attached hydrogens (tertiary/aromatic N) is 1. The Morgan fingerprint density at radius 3 is 2.00 bits per heavy atom. The third-order valence-corrected chi connectivity index (χ3v) is 4.24. The van der Waals surface area contributed by atoms with Gasteiger partial charge in [0.1, 0.15) is 0 Å². The van der Waals surface area contributed by atoms with E-state index in [0.29, 0.717) is 11.1 Å². The molecule has 1 aromatic rings. The van der Waals surface area contributed by atoms with E-state index in [4.69, 9.17) is 0 Å². The van der Waals surface area contributed by atoms with Crippen LogP contribution >= 0.6 is 0 Å². The topological polar surface area (TPSA) is 37.4 Å². The standard InChI is InChI=1S/C18H25NO2/c1-3-4-5-6-7-8-11-14(2)19-17(20)15-12-9-10-13-16(15)18(19)21/h9-10,12-14H,3-8,11H2,1-2H3. The predicted octanol–water partition coefficient (Wildman–Crippen LogP) is 4.42. The summed E-state index contributed by atoms with van der Waals surface area (Å²) in [6, 6.07) is 7.10. The highest BCUT2D eigenvalue weighted by atomic mass is 16.2. The predicted molar refractivity (Wildman–Crippen MR) is 84.4 cm³/mol. The van der Waals surface area contributed by atoms with Crippen molar-refractivity contribution < 1.29 is 9.59 Å². The molecule has 0 aliphatic carbocycles. The van der Waals surface area contributed by atoms with Crippen LogP contribution in [0.25, 0.3) is 0 Å². The average Bonchev–Trinajstić information content (AvgIpc) is 2.75. The highest BCUT2D eigenvalue weighted by Gasteiger charge is 2.37. The van der Waals surface area contributed by atoms with Crippen molar-refractivity contribution in [3.05, 3.63) is 35.4 Å². The summed E-state index contributed by atoms with van der Waals surface area (Å²) in [7, 11) is 0. The molecule has 1 aliphatic heterocycles. The Morgan fingerprint density at radius 2 is 1.43 bits per heavy atom. The zero-order chi connectivity index (χ0) is 15.2. The maximum absolute atomic E-state index is 12.3. The summed E-state index contributed by atoms with van der Waals surface area (Å²) in [6.07, 6.45) is 8.27. The van der Waals surface area contributed by atoms with Crippen LogP contribution in [0.4, 0.5) is 0 Å². The van der Waals surface area contributed by atoms with Crippen LogP contribution in [0.5, 0.6) is 0 Å². The Balaban J connectivity index is 1.85. The number of unbranched alkanes of at least 4 members (excludes halogenated alkanes) is 5. The molecule has 2 amide bonds. The van der Waals surface area contributed by atoms with Crippen molar-refractivity contribution in [1.29, 1.82) is 0 Å². The molecule has 0 aromatic heterocycles. The first kappa shape index (κ1) is 15.7. The Bertz CT molecular complexity index is 475. The molecular weight excluding hydrogens is 262 g/mol. The minimum atomic E-state index is -0.130. The van der Waals surface area contributed by atoms with Crippen LogP contribution in [-0.4, -0.2) is 22.8 Å². The maximum Gasteiger partial charge on any atom is 0.261 e. The number of carbonyl (C=O) groups excluding carboxylic acids is 2. The molecule has 0 bridgehead atoms. The Hall–Kier alpha value is -1.64. The van der Waals surface area contributed by atoms with Gasteiger partial charge in [-0.3, -0.25) is 14.5 Å². The Labute approximate surface area is 127 Å². The summed E-state index contributed by atoms with van der Waals surface area (Å²) in [5.41, 5.74) is 1.11. The number of hydrogen-bond donors (Lipinski definition) is 0. The van der Waals surface area contributed by atoms with E-state index in [1.165, 1.54) is 37.0 Å². The number of carbonyl (C=O) groups is 2. The van der Waals surface area contributed by atoms with E-state index in [-0.39, 0.29) is 17.9 Å². The van der Waals surface area contributed by atoms with Crippen molar-refractivity contribution in [3.8, 4) is 0 Å². The van der Waals surface area contributed by atoms with Gasteiger partial charge in [-0.2, -0.15) is 0 Å². The molecule has 0 N–H and O–H groups in total. The van der Waals surface area contributed by atoms with Gasteiger partial charge in [0.2, 0.25) is 0 Å². The molecule has 2 rings (SSSR count). The monoisotopic (exact) mass is 287 g/mol. The molecule has 0 saturated carbocycles. The van der Waals surface area contributed by atoms with E-state index in [2.05, 4.69) is 6.92 Å². The van der Waals surface area contributed by atoms with Gasteiger partial charge in [-0.1, -0.05) is 57.6 Å². The molecule has 114 valence electrons. The number of imide groups is 1. The number of hydrogen-bond acceptors (Lipinski definition) is 2. The molecule has 1 aliphatic rings. The molecule has 0 fully saturated rings. The van der Waals surface area contributed by atoms with Gasteiger partial charge in [0.05, 0.1) is 11.1 Å². The zero-order valence-electron chi connectivity index (χ0n) is 13.1. The van der Waals surface area contributed by atoms with Crippen molar-refractivity contribution in [3.63, 3.8) is 0 Å². The van der Waals surface area contributed by atoms with Gasteiger partial charge >= 0.3 is 0 Å². The van der Waals surface area contributed by atoms with Gasteiger partial charge < -0.3 is 0 Å². The fraction of sp³-hybridized carbons (Fsp3) is 0.556. The first-order chi connectivity index (χ1) is 10.2. The lowest BCUT2D eigenvalue weighted by Gasteiger charge is -2.22. The number of amides is 2. The van der Waals surface area contributed by atoms with Gasteiger partial charge in [0.15, 0.2) is 0 Å². The summed E-state index contributed by atoms with van der Waals surface area (Å²) in [5.74, 6) is -0.261. The molecule has 0 radical (unpaired) electrons. The van der Waals surface area contributed by atoms with Crippen LogP contribution in [0.2, 0.25) is 0 Å². The van der Waals surface area contributed by atoms with Crippen LogP contribution in [0.3, 0.4) is 0 Å². The second kappa shape index (κ2) is 7.39. The summed E-state index contributed by atoms with van der Waals surface area (Å²) < 4.78 is 0.